The zero-order valence-electron chi connectivity index (χ0n) is 12.1. The smallest absolute Gasteiger partial charge is 0.137 e. The maximum atomic E-state index is 9.25. The highest BCUT2D eigenvalue weighted by molar-refractivity contribution is 6.30. The Morgan fingerprint density at radius 2 is 2.05 bits per heavy atom. The summed E-state index contributed by atoms with van der Waals surface area (Å²) in [4.78, 5) is 11.3. The van der Waals surface area contributed by atoms with Crippen molar-refractivity contribution in [1.29, 1.82) is 0 Å². The highest BCUT2D eigenvalue weighted by Gasteiger charge is 2.27. The molecule has 0 aromatic carbocycles. The molecule has 1 aliphatic rings. The van der Waals surface area contributed by atoms with Gasteiger partial charge in [0.05, 0.1) is 0 Å². The minimum atomic E-state index is -0.123. The molecule has 2 rings (SSSR count). The highest BCUT2D eigenvalue weighted by Crippen LogP contribution is 2.31. The molecule has 1 saturated heterocycles. The largest absolute Gasteiger partial charge is 0.396 e. The first-order chi connectivity index (χ1) is 8.82. The fourth-order valence-corrected chi connectivity index (χ4v) is 2.46. The summed E-state index contributed by atoms with van der Waals surface area (Å²) < 4.78 is 0. The van der Waals surface area contributed by atoms with Crippen molar-refractivity contribution in [2.75, 3.05) is 24.6 Å². The molecule has 1 fully saturated rings. The fraction of sp³-hybridized carbons (Fsp3) is 0.714. The number of hydrogen-bond acceptors (Lipinski definition) is 4. The second-order valence-corrected chi connectivity index (χ2v) is 6.68. The van der Waals surface area contributed by atoms with Crippen LogP contribution >= 0.6 is 11.6 Å². The van der Waals surface area contributed by atoms with Crippen molar-refractivity contribution in [3.8, 4) is 0 Å². The zero-order chi connectivity index (χ0) is 14.2. The molecule has 1 N–H and O–H groups in total. The summed E-state index contributed by atoms with van der Waals surface area (Å²) in [6, 6.07) is 0. The van der Waals surface area contributed by atoms with E-state index < -0.39 is 0 Å². The molecule has 0 aliphatic carbocycles. The number of rotatable bonds is 2. The molecule has 0 spiro atoms. The van der Waals surface area contributed by atoms with Crippen molar-refractivity contribution >= 4 is 17.4 Å². The Balaban J connectivity index is 2.37. The first kappa shape index (κ1) is 14.5. The van der Waals surface area contributed by atoms with E-state index in [1.54, 1.807) is 0 Å². The number of nitrogens with zero attached hydrogens (tertiary/aromatic N) is 3. The van der Waals surface area contributed by atoms with Crippen LogP contribution in [0.25, 0.3) is 0 Å². The molecule has 1 aromatic heterocycles. The third-order valence-corrected chi connectivity index (χ3v) is 3.94. The first-order valence-corrected chi connectivity index (χ1v) is 7.11. The molecule has 0 radical (unpaired) electrons. The van der Waals surface area contributed by atoms with Gasteiger partial charge in [-0.05, 0) is 13.3 Å². The van der Waals surface area contributed by atoms with Gasteiger partial charge in [0.2, 0.25) is 0 Å². The molecule has 0 amide bonds. The standard InChI is InChI=1S/C14H22ClN3O/c1-9-11(15)16-13(14(2,3)4)17-12(9)18-6-5-10(7-18)8-19/h10,19H,5-8H2,1-4H3. The summed E-state index contributed by atoms with van der Waals surface area (Å²) in [5.41, 5.74) is 0.801. The normalized spacial score (nSPS) is 20.1. The summed E-state index contributed by atoms with van der Waals surface area (Å²) >= 11 is 6.25. The van der Waals surface area contributed by atoms with Gasteiger partial charge in [-0.3, -0.25) is 0 Å². The summed E-state index contributed by atoms with van der Waals surface area (Å²) in [5.74, 6) is 2.03. The van der Waals surface area contributed by atoms with E-state index in [9.17, 15) is 5.11 Å². The minimum Gasteiger partial charge on any atom is -0.396 e. The van der Waals surface area contributed by atoms with Gasteiger partial charge in [0, 0.05) is 36.6 Å². The number of aromatic nitrogens is 2. The monoisotopic (exact) mass is 283 g/mol. The summed E-state index contributed by atoms with van der Waals surface area (Å²) in [5, 5.41) is 9.78. The van der Waals surface area contributed by atoms with Gasteiger partial charge >= 0.3 is 0 Å². The molecule has 1 aliphatic heterocycles. The number of halogens is 1. The van der Waals surface area contributed by atoms with Crippen LogP contribution in [0.15, 0.2) is 0 Å². The van der Waals surface area contributed by atoms with E-state index in [0.29, 0.717) is 11.1 Å². The van der Waals surface area contributed by atoms with Gasteiger partial charge in [0.1, 0.15) is 16.8 Å². The molecule has 0 saturated carbocycles. The van der Waals surface area contributed by atoms with Crippen LogP contribution in [0.1, 0.15) is 38.6 Å². The topological polar surface area (TPSA) is 49.2 Å². The van der Waals surface area contributed by atoms with Crippen molar-refractivity contribution in [1.82, 2.24) is 9.97 Å². The minimum absolute atomic E-state index is 0.123. The predicted octanol–water partition coefficient (Wildman–Crippen LogP) is 2.55. The molecule has 2 heterocycles. The van der Waals surface area contributed by atoms with Gasteiger partial charge < -0.3 is 10.0 Å². The second kappa shape index (κ2) is 5.25. The summed E-state index contributed by atoms with van der Waals surface area (Å²) in [6.07, 6.45) is 1.00. The van der Waals surface area contributed by atoms with E-state index in [0.717, 1.165) is 36.7 Å². The van der Waals surface area contributed by atoms with E-state index in [4.69, 9.17) is 16.6 Å². The van der Waals surface area contributed by atoms with Crippen LogP contribution in [0.2, 0.25) is 5.15 Å². The SMILES string of the molecule is Cc1c(Cl)nc(C(C)(C)C)nc1N1CCC(CO)C1. The van der Waals surface area contributed by atoms with Crippen molar-refractivity contribution in [3.05, 3.63) is 16.5 Å². The quantitative estimate of drug-likeness (QED) is 0.848. The van der Waals surface area contributed by atoms with E-state index >= 15 is 0 Å². The van der Waals surface area contributed by atoms with Crippen molar-refractivity contribution < 1.29 is 5.11 Å². The maximum absolute atomic E-state index is 9.25. The van der Waals surface area contributed by atoms with Crippen LogP contribution in [-0.4, -0.2) is 34.8 Å². The van der Waals surface area contributed by atoms with Crippen LogP contribution in [0.5, 0.6) is 0 Å². The molecular formula is C14H22ClN3O. The Morgan fingerprint density at radius 3 is 2.58 bits per heavy atom. The molecule has 1 unspecified atom stereocenters. The third-order valence-electron chi connectivity index (χ3n) is 3.58. The fourth-order valence-electron chi connectivity index (χ4n) is 2.30. The van der Waals surface area contributed by atoms with Crippen molar-refractivity contribution in [2.24, 2.45) is 5.92 Å². The van der Waals surface area contributed by atoms with E-state index in [1.165, 1.54) is 0 Å². The van der Waals surface area contributed by atoms with Crippen LogP contribution in [0.4, 0.5) is 5.82 Å². The third kappa shape index (κ3) is 3.00. The molecule has 5 heteroatoms. The Hall–Kier alpha value is -0.870. The Labute approximate surface area is 119 Å². The maximum Gasteiger partial charge on any atom is 0.137 e. The molecule has 1 aromatic rings. The molecule has 0 bridgehead atoms. The van der Waals surface area contributed by atoms with Gasteiger partial charge in [-0.2, -0.15) is 0 Å². The van der Waals surface area contributed by atoms with Crippen LogP contribution in [-0.2, 0) is 5.41 Å². The average molecular weight is 284 g/mol. The molecule has 4 nitrogen and oxygen atoms in total. The highest BCUT2D eigenvalue weighted by atomic mass is 35.5. The number of hydrogen-bond donors (Lipinski definition) is 1. The van der Waals surface area contributed by atoms with Gasteiger partial charge in [0.25, 0.3) is 0 Å². The van der Waals surface area contributed by atoms with Crippen molar-refractivity contribution in [3.63, 3.8) is 0 Å². The number of anilines is 1. The lowest BCUT2D eigenvalue weighted by atomic mass is 9.95. The molecule has 1 atom stereocenters. The van der Waals surface area contributed by atoms with Gasteiger partial charge in [-0.1, -0.05) is 32.4 Å². The van der Waals surface area contributed by atoms with E-state index in [2.05, 4.69) is 30.7 Å². The Bertz CT molecular complexity index is 470. The van der Waals surface area contributed by atoms with Gasteiger partial charge in [-0.25, -0.2) is 9.97 Å². The summed E-state index contributed by atoms with van der Waals surface area (Å²) in [6.45, 7) is 10.2. The first-order valence-electron chi connectivity index (χ1n) is 6.73. The van der Waals surface area contributed by atoms with Gasteiger partial charge in [0.15, 0.2) is 0 Å². The van der Waals surface area contributed by atoms with E-state index in [-0.39, 0.29) is 12.0 Å². The van der Waals surface area contributed by atoms with Crippen LogP contribution in [0, 0.1) is 12.8 Å². The molecular weight excluding hydrogens is 262 g/mol. The predicted molar refractivity (Wildman–Crippen MR) is 77.9 cm³/mol. The lowest BCUT2D eigenvalue weighted by Crippen LogP contribution is -2.25. The Kier molecular flexibility index (Phi) is 4.02. The lowest BCUT2D eigenvalue weighted by Gasteiger charge is -2.24. The molecule has 106 valence electrons. The Morgan fingerprint density at radius 1 is 1.37 bits per heavy atom. The average Bonchev–Trinajstić information content (AvgIpc) is 2.79. The van der Waals surface area contributed by atoms with Crippen molar-refractivity contribution in [2.45, 2.75) is 39.5 Å². The number of aliphatic hydroxyl groups excluding tert-OH is 1. The number of aliphatic hydroxyl groups is 1. The second-order valence-electron chi connectivity index (χ2n) is 6.32. The van der Waals surface area contributed by atoms with E-state index in [1.807, 2.05) is 6.92 Å². The van der Waals surface area contributed by atoms with Crippen LogP contribution in [0.3, 0.4) is 0 Å². The molecule has 19 heavy (non-hydrogen) atoms. The lowest BCUT2D eigenvalue weighted by molar-refractivity contribution is 0.238. The van der Waals surface area contributed by atoms with Gasteiger partial charge in [-0.15, -0.1) is 0 Å². The van der Waals surface area contributed by atoms with Crippen LogP contribution < -0.4 is 4.90 Å². The zero-order valence-corrected chi connectivity index (χ0v) is 12.8. The summed E-state index contributed by atoms with van der Waals surface area (Å²) in [7, 11) is 0.